The number of carbonyl (C=O) groups is 1. The summed E-state index contributed by atoms with van der Waals surface area (Å²) < 4.78 is 20.1. The Morgan fingerprint density at radius 2 is 1.96 bits per heavy atom. The quantitative estimate of drug-likeness (QED) is 0.746. The third-order valence-electron chi connectivity index (χ3n) is 3.50. The maximum atomic E-state index is 13.6. The first-order chi connectivity index (χ1) is 11.6. The largest absolute Gasteiger partial charge is 0.462 e. The van der Waals surface area contributed by atoms with Crippen LogP contribution in [-0.4, -0.2) is 22.4 Å². The summed E-state index contributed by atoms with van der Waals surface area (Å²) in [4.78, 5) is 12.3. The Kier molecular flexibility index (Phi) is 4.29. The molecule has 0 saturated carbocycles. The zero-order chi connectivity index (χ0) is 17.1. The van der Waals surface area contributed by atoms with Crippen LogP contribution in [0, 0.1) is 5.82 Å². The van der Waals surface area contributed by atoms with Crippen LogP contribution in [0.5, 0.6) is 0 Å². The normalized spacial score (nSPS) is 10.6. The second-order valence-corrected chi connectivity index (χ2v) is 5.09. The highest BCUT2D eigenvalue weighted by Crippen LogP contribution is 2.30. The molecule has 0 aliphatic carbocycles. The second-order valence-electron chi connectivity index (χ2n) is 5.09. The highest BCUT2D eigenvalue weighted by Gasteiger charge is 2.25. The number of rotatable bonds is 4. The SMILES string of the molecule is CCOC(=O)c1c(-c2cccc(F)c2)nn(-c2ccccc2)c1N. The fourth-order valence-corrected chi connectivity index (χ4v) is 2.44. The smallest absolute Gasteiger partial charge is 0.344 e. The second kappa shape index (κ2) is 6.54. The van der Waals surface area contributed by atoms with Gasteiger partial charge in [-0.05, 0) is 31.2 Å². The molecule has 2 N–H and O–H groups in total. The van der Waals surface area contributed by atoms with Crippen LogP contribution < -0.4 is 5.73 Å². The van der Waals surface area contributed by atoms with Gasteiger partial charge in [-0.25, -0.2) is 13.9 Å². The molecule has 24 heavy (non-hydrogen) atoms. The van der Waals surface area contributed by atoms with Crippen LogP contribution >= 0.6 is 0 Å². The lowest BCUT2D eigenvalue weighted by Gasteiger charge is -2.05. The molecule has 0 bridgehead atoms. The van der Waals surface area contributed by atoms with Crippen LogP contribution in [0.1, 0.15) is 17.3 Å². The first kappa shape index (κ1) is 15.7. The minimum absolute atomic E-state index is 0.131. The predicted molar refractivity (Wildman–Crippen MR) is 89.3 cm³/mol. The molecule has 0 aliphatic heterocycles. The lowest BCUT2D eigenvalue weighted by Crippen LogP contribution is -2.09. The van der Waals surface area contributed by atoms with Crippen LogP contribution in [0.15, 0.2) is 54.6 Å². The summed E-state index contributed by atoms with van der Waals surface area (Å²) in [6.07, 6.45) is 0. The summed E-state index contributed by atoms with van der Waals surface area (Å²) in [6.45, 7) is 1.91. The molecule has 1 aromatic heterocycles. The maximum absolute atomic E-state index is 13.6. The molecule has 1 heterocycles. The highest BCUT2D eigenvalue weighted by atomic mass is 19.1. The Labute approximate surface area is 138 Å². The van der Waals surface area contributed by atoms with Crippen molar-refractivity contribution in [3.8, 4) is 16.9 Å². The molecule has 5 nitrogen and oxygen atoms in total. The van der Waals surface area contributed by atoms with Gasteiger partial charge in [0.15, 0.2) is 0 Å². The minimum atomic E-state index is -0.587. The van der Waals surface area contributed by atoms with Crippen molar-refractivity contribution in [1.29, 1.82) is 0 Å². The predicted octanol–water partition coefficient (Wildman–Crippen LogP) is 3.44. The third kappa shape index (κ3) is 2.86. The molecule has 0 spiro atoms. The summed E-state index contributed by atoms with van der Waals surface area (Å²) in [5.74, 6) is -0.856. The van der Waals surface area contributed by atoms with Gasteiger partial charge < -0.3 is 10.5 Å². The highest BCUT2D eigenvalue weighted by molar-refractivity contribution is 6.01. The molecule has 0 saturated heterocycles. The fraction of sp³-hybridized carbons (Fsp3) is 0.111. The van der Waals surface area contributed by atoms with E-state index < -0.39 is 11.8 Å². The van der Waals surface area contributed by atoms with Gasteiger partial charge in [0.1, 0.15) is 22.9 Å². The van der Waals surface area contributed by atoms with Gasteiger partial charge in [0.25, 0.3) is 0 Å². The fourth-order valence-electron chi connectivity index (χ4n) is 2.44. The van der Waals surface area contributed by atoms with Crippen molar-refractivity contribution in [1.82, 2.24) is 9.78 Å². The van der Waals surface area contributed by atoms with Gasteiger partial charge in [0, 0.05) is 5.56 Å². The van der Waals surface area contributed by atoms with Crippen LogP contribution in [-0.2, 0) is 4.74 Å². The molecule has 0 aliphatic rings. The number of benzene rings is 2. The number of hydrogen-bond donors (Lipinski definition) is 1. The summed E-state index contributed by atoms with van der Waals surface area (Å²) in [7, 11) is 0. The molecule has 0 amide bonds. The molecule has 0 fully saturated rings. The van der Waals surface area contributed by atoms with E-state index in [9.17, 15) is 9.18 Å². The molecule has 3 aromatic rings. The van der Waals surface area contributed by atoms with Gasteiger partial charge >= 0.3 is 5.97 Å². The number of carbonyl (C=O) groups excluding carboxylic acids is 1. The summed E-state index contributed by atoms with van der Waals surface area (Å²) in [5.41, 5.74) is 7.72. The van der Waals surface area contributed by atoms with Gasteiger partial charge in [0.05, 0.1) is 12.3 Å². The first-order valence-corrected chi connectivity index (χ1v) is 7.48. The number of nitrogens with zero attached hydrogens (tertiary/aromatic N) is 2. The zero-order valence-electron chi connectivity index (χ0n) is 13.1. The number of nitrogen functional groups attached to an aromatic ring is 1. The Balaban J connectivity index is 2.21. The number of esters is 1. The Morgan fingerprint density at radius 3 is 2.62 bits per heavy atom. The van der Waals surface area contributed by atoms with E-state index in [2.05, 4.69) is 5.10 Å². The van der Waals surface area contributed by atoms with Gasteiger partial charge in [-0.3, -0.25) is 0 Å². The lowest BCUT2D eigenvalue weighted by molar-refractivity contribution is 0.0528. The monoisotopic (exact) mass is 325 g/mol. The van der Waals surface area contributed by atoms with Crippen molar-refractivity contribution in [3.63, 3.8) is 0 Å². The molecule has 0 unspecified atom stereocenters. The lowest BCUT2D eigenvalue weighted by atomic mass is 10.1. The average Bonchev–Trinajstić information content (AvgIpc) is 2.93. The number of para-hydroxylation sites is 1. The van der Waals surface area contributed by atoms with Crippen LogP contribution in [0.4, 0.5) is 10.2 Å². The van der Waals surface area contributed by atoms with Gasteiger partial charge in [-0.15, -0.1) is 0 Å². The maximum Gasteiger partial charge on any atom is 0.344 e. The Bertz CT molecular complexity index is 875. The summed E-state index contributed by atoms with van der Waals surface area (Å²) in [6, 6.07) is 15.0. The zero-order valence-corrected chi connectivity index (χ0v) is 13.1. The van der Waals surface area contributed by atoms with E-state index in [1.807, 2.05) is 30.3 Å². The third-order valence-corrected chi connectivity index (χ3v) is 3.50. The summed E-state index contributed by atoms with van der Waals surface area (Å²) in [5, 5.41) is 4.42. The molecule has 3 rings (SSSR count). The number of aromatic nitrogens is 2. The van der Waals surface area contributed by atoms with Gasteiger partial charge in [0.2, 0.25) is 0 Å². The van der Waals surface area contributed by atoms with Crippen molar-refractivity contribution in [2.45, 2.75) is 6.92 Å². The number of ether oxygens (including phenoxy) is 1. The number of nitrogens with two attached hydrogens (primary N) is 1. The number of anilines is 1. The topological polar surface area (TPSA) is 70.1 Å². The summed E-state index contributed by atoms with van der Waals surface area (Å²) >= 11 is 0. The standard InChI is InChI=1S/C18H16FN3O2/c1-2-24-18(23)15-16(12-7-6-8-13(19)11-12)21-22(17(15)20)14-9-4-3-5-10-14/h3-11H,2,20H2,1H3. The molecule has 6 heteroatoms. The van der Waals surface area contributed by atoms with Gasteiger partial charge in [-0.1, -0.05) is 30.3 Å². The molecule has 122 valence electrons. The van der Waals surface area contributed by atoms with Crippen molar-refractivity contribution >= 4 is 11.8 Å². The van der Waals surface area contributed by atoms with E-state index >= 15 is 0 Å². The van der Waals surface area contributed by atoms with Crippen molar-refractivity contribution in [2.75, 3.05) is 12.3 Å². The minimum Gasteiger partial charge on any atom is -0.462 e. The van der Waals surface area contributed by atoms with E-state index in [1.165, 1.54) is 16.8 Å². The van der Waals surface area contributed by atoms with E-state index in [0.717, 1.165) is 0 Å². The Hall–Kier alpha value is -3.15. The molecule has 2 aromatic carbocycles. The molecular weight excluding hydrogens is 309 g/mol. The molecule has 0 atom stereocenters. The first-order valence-electron chi connectivity index (χ1n) is 7.48. The average molecular weight is 325 g/mol. The van der Waals surface area contributed by atoms with Gasteiger partial charge in [-0.2, -0.15) is 5.10 Å². The van der Waals surface area contributed by atoms with E-state index in [1.54, 1.807) is 19.1 Å². The van der Waals surface area contributed by atoms with Crippen molar-refractivity contribution < 1.29 is 13.9 Å². The molecule has 0 radical (unpaired) electrons. The van der Waals surface area contributed by atoms with E-state index in [0.29, 0.717) is 11.3 Å². The number of hydrogen-bond acceptors (Lipinski definition) is 4. The van der Waals surface area contributed by atoms with Crippen LogP contribution in [0.3, 0.4) is 0 Å². The molecular formula is C18H16FN3O2. The van der Waals surface area contributed by atoms with Crippen molar-refractivity contribution in [2.24, 2.45) is 0 Å². The Morgan fingerprint density at radius 1 is 1.21 bits per heavy atom. The van der Waals surface area contributed by atoms with Crippen LogP contribution in [0.2, 0.25) is 0 Å². The van der Waals surface area contributed by atoms with E-state index in [-0.39, 0.29) is 23.7 Å². The van der Waals surface area contributed by atoms with Crippen molar-refractivity contribution in [3.05, 3.63) is 66.0 Å². The van der Waals surface area contributed by atoms with E-state index in [4.69, 9.17) is 10.5 Å². The number of halogens is 1. The van der Waals surface area contributed by atoms with Crippen LogP contribution in [0.25, 0.3) is 16.9 Å².